The molecule has 0 aliphatic heterocycles. The van der Waals surface area contributed by atoms with Gasteiger partial charge in [-0.1, -0.05) is 25.2 Å². The summed E-state index contributed by atoms with van der Waals surface area (Å²) in [5, 5.41) is 23.3. The minimum Gasteiger partial charge on any atom is -0.481 e. The molecular formula is C24H26O4SiTi. The van der Waals surface area contributed by atoms with Crippen molar-refractivity contribution in [1.82, 2.24) is 0 Å². The summed E-state index contributed by atoms with van der Waals surface area (Å²) in [6, 6.07) is 26.9. The van der Waals surface area contributed by atoms with Crippen LogP contribution in [0.15, 0.2) is 72.8 Å². The maximum absolute atomic E-state index is 9.00. The molecule has 0 spiro atoms. The van der Waals surface area contributed by atoms with Crippen molar-refractivity contribution in [3.8, 4) is 0 Å². The van der Waals surface area contributed by atoms with Crippen LogP contribution >= 0.6 is 0 Å². The molecule has 4 rings (SSSR count). The quantitative estimate of drug-likeness (QED) is 0.347. The molecule has 6 heteroatoms. The van der Waals surface area contributed by atoms with Crippen molar-refractivity contribution in [1.29, 1.82) is 0 Å². The average Bonchev–Trinajstić information content (AvgIpc) is 3.25. The zero-order valence-electron chi connectivity index (χ0n) is 17.6. The van der Waals surface area contributed by atoms with E-state index in [9.17, 15) is 0 Å². The number of carboxylic acid groups (broad SMARTS) is 2. The molecule has 0 saturated heterocycles. The van der Waals surface area contributed by atoms with E-state index in [0.717, 1.165) is 13.8 Å². The fourth-order valence-electron chi connectivity index (χ4n) is 3.19. The number of carbonyl (C=O) groups is 2. The van der Waals surface area contributed by atoms with Crippen LogP contribution in [0.3, 0.4) is 0 Å². The van der Waals surface area contributed by atoms with Gasteiger partial charge in [0, 0.05) is 13.8 Å². The van der Waals surface area contributed by atoms with Gasteiger partial charge in [0.1, 0.15) is 0 Å². The number of benzene rings is 2. The molecule has 0 aliphatic rings. The van der Waals surface area contributed by atoms with Crippen molar-refractivity contribution < 1.29 is 41.5 Å². The Morgan fingerprint density at radius 2 is 1.03 bits per heavy atom. The molecule has 2 N–H and O–H groups in total. The van der Waals surface area contributed by atoms with Crippen molar-refractivity contribution >= 4 is 51.9 Å². The Balaban J connectivity index is 0.000000435. The number of aliphatic carboxylic acids is 2. The summed E-state index contributed by atoms with van der Waals surface area (Å²) in [5.74, 6) is -1.67. The molecule has 0 saturated carbocycles. The summed E-state index contributed by atoms with van der Waals surface area (Å²) in [6.07, 6.45) is 0. The van der Waals surface area contributed by atoms with Gasteiger partial charge < -0.3 is 10.2 Å². The fourth-order valence-corrected chi connectivity index (χ4v) is 5.59. The second-order valence-electron chi connectivity index (χ2n) is 7.41. The van der Waals surface area contributed by atoms with Gasteiger partial charge in [-0.15, -0.1) is 69.7 Å². The van der Waals surface area contributed by atoms with Gasteiger partial charge in [0.25, 0.3) is 11.9 Å². The van der Waals surface area contributed by atoms with Crippen LogP contribution < -0.4 is 10.4 Å². The topological polar surface area (TPSA) is 74.6 Å². The van der Waals surface area contributed by atoms with Crippen LogP contribution in [0.25, 0.3) is 21.5 Å². The number of fused-ring (bicyclic) bond motifs is 2. The molecule has 0 atom stereocenters. The molecule has 0 radical (unpaired) electrons. The monoisotopic (exact) mass is 454 g/mol. The molecular weight excluding hydrogens is 428 g/mol. The van der Waals surface area contributed by atoms with E-state index < -0.39 is 20.0 Å². The van der Waals surface area contributed by atoms with E-state index in [2.05, 4.69) is 85.9 Å². The molecule has 4 aromatic rings. The number of hydrogen-bond donors (Lipinski definition) is 2. The van der Waals surface area contributed by atoms with Gasteiger partial charge in [-0.2, -0.15) is 22.9 Å². The Labute approximate surface area is 192 Å². The number of hydrogen-bond acceptors (Lipinski definition) is 2. The molecule has 0 aromatic heterocycles. The normalized spacial score (nSPS) is 10.3. The van der Waals surface area contributed by atoms with E-state index in [1.807, 2.05) is 0 Å². The molecule has 0 heterocycles. The van der Waals surface area contributed by atoms with Gasteiger partial charge in [-0.25, -0.2) is 0 Å². The molecule has 4 nitrogen and oxygen atoms in total. The molecule has 0 aliphatic carbocycles. The zero-order chi connectivity index (χ0) is 21.6. The first-order chi connectivity index (χ1) is 13.6. The Hall–Kier alpha value is -2.47. The Morgan fingerprint density at radius 1 is 0.733 bits per heavy atom. The third-order valence-corrected chi connectivity index (χ3v) is 8.14. The van der Waals surface area contributed by atoms with E-state index in [1.165, 1.54) is 31.9 Å². The van der Waals surface area contributed by atoms with Crippen molar-refractivity contribution in [3.63, 3.8) is 0 Å². The molecule has 0 bridgehead atoms. The van der Waals surface area contributed by atoms with Crippen LogP contribution in [0.5, 0.6) is 0 Å². The first-order valence-electron chi connectivity index (χ1n) is 9.32. The van der Waals surface area contributed by atoms with Crippen LogP contribution in [-0.2, 0) is 31.3 Å². The van der Waals surface area contributed by atoms with Gasteiger partial charge >= 0.3 is 21.7 Å². The molecule has 0 unspecified atom stereocenters. The summed E-state index contributed by atoms with van der Waals surface area (Å²) >= 11 is 0. The van der Waals surface area contributed by atoms with Crippen molar-refractivity contribution in [2.75, 3.05) is 0 Å². The molecule has 4 aromatic carbocycles. The van der Waals surface area contributed by atoms with Crippen LogP contribution in [0.4, 0.5) is 0 Å². The van der Waals surface area contributed by atoms with E-state index in [4.69, 9.17) is 19.8 Å². The third kappa shape index (κ3) is 6.80. The summed E-state index contributed by atoms with van der Waals surface area (Å²) in [4.78, 5) is 18.0. The molecule has 0 fully saturated rings. The third-order valence-electron chi connectivity index (χ3n) is 4.68. The van der Waals surface area contributed by atoms with Crippen molar-refractivity contribution in [3.05, 3.63) is 72.8 Å². The number of rotatable bonds is 2. The molecule has 0 amide bonds. The smallest absolute Gasteiger partial charge is 0.481 e. The van der Waals surface area contributed by atoms with Crippen LogP contribution in [0, 0.1) is 0 Å². The summed E-state index contributed by atoms with van der Waals surface area (Å²) in [6.45, 7) is 7.07. The second kappa shape index (κ2) is 11.1. The number of carboxylic acids is 2. The Bertz CT molecular complexity index is 962. The predicted octanol–water partition coefficient (Wildman–Crippen LogP) is 4.43. The zero-order valence-corrected chi connectivity index (χ0v) is 20.2. The first-order valence-corrected chi connectivity index (χ1v) is 12.3. The maximum atomic E-state index is 9.00. The van der Waals surface area contributed by atoms with E-state index in [-0.39, 0.29) is 21.7 Å². The predicted molar refractivity (Wildman–Crippen MR) is 122 cm³/mol. The van der Waals surface area contributed by atoms with E-state index >= 15 is 0 Å². The van der Waals surface area contributed by atoms with Crippen LogP contribution in [0.1, 0.15) is 13.8 Å². The standard InChI is InChI=1S/C20H18Si.2C2H4O2.Ti/c1-21(2,19-11-15-7-3-4-8-16(15)12-19)20-13-17-9-5-6-10-18(17)14-20;2*1-2(3)4;/h3-14H,1-2H3;2*1H3,(H,3,4);/q-2;;;+2. The summed E-state index contributed by atoms with van der Waals surface area (Å²) in [7, 11) is -1.62. The summed E-state index contributed by atoms with van der Waals surface area (Å²) < 4.78 is 0. The van der Waals surface area contributed by atoms with Crippen molar-refractivity contribution in [2.24, 2.45) is 0 Å². The summed E-state index contributed by atoms with van der Waals surface area (Å²) in [5.41, 5.74) is 0. The van der Waals surface area contributed by atoms with Gasteiger partial charge in [-0.05, 0) is 0 Å². The Morgan fingerprint density at radius 3 is 1.33 bits per heavy atom. The SMILES string of the molecule is CC(=O)O.CC(=O)O.C[Si](C)(c1cc2ccccc2[cH-]1)c1cc2ccccc2[cH-]1.[Ti+2]. The Kier molecular flexibility index (Phi) is 9.43. The van der Waals surface area contributed by atoms with Gasteiger partial charge in [0.05, 0.1) is 8.07 Å². The van der Waals surface area contributed by atoms with Crippen LogP contribution in [0.2, 0.25) is 13.1 Å². The minimum absolute atomic E-state index is 0. The van der Waals surface area contributed by atoms with Crippen molar-refractivity contribution in [2.45, 2.75) is 26.9 Å². The first kappa shape index (κ1) is 25.6. The molecule has 154 valence electrons. The van der Waals surface area contributed by atoms with E-state index in [1.54, 1.807) is 0 Å². The van der Waals surface area contributed by atoms with E-state index in [0.29, 0.717) is 0 Å². The van der Waals surface area contributed by atoms with Gasteiger partial charge in [0.2, 0.25) is 0 Å². The maximum Gasteiger partial charge on any atom is 2.00 e. The average molecular weight is 454 g/mol. The fraction of sp³-hybridized carbons (Fsp3) is 0.167. The van der Waals surface area contributed by atoms with Crippen LogP contribution in [-0.4, -0.2) is 30.2 Å². The largest absolute Gasteiger partial charge is 2.00 e. The van der Waals surface area contributed by atoms with Gasteiger partial charge in [0.15, 0.2) is 0 Å². The van der Waals surface area contributed by atoms with Gasteiger partial charge in [-0.3, -0.25) is 9.59 Å². The minimum atomic E-state index is -1.62. The molecule has 30 heavy (non-hydrogen) atoms. The second-order valence-corrected chi connectivity index (χ2v) is 11.8.